The largest absolute Gasteiger partial charge is 0.503 e. The molecule has 0 fully saturated rings. The summed E-state index contributed by atoms with van der Waals surface area (Å²) in [5, 5.41) is 12.1. The molecule has 7 nitrogen and oxygen atoms in total. The van der Waals surface area contributed by atoms with Gasteiger partial charge in [0, 0.05) is 23.0 Å². The van der Waals surface area contributed by atoms with Gasteiger partial charge >= 0.3 is 5.97 Å². The van der Waals surface area contributed by atoms with Crippen LogP contribution in [0, 0.1) is 13.8 Å². The topological polar surface area (TPSA) is 97.0 Å². The molecule has 1 atom stereocenters. The Morgan fingerprint density at radius 1 is 1.00 bits per heavy atom. The fourth-order valence-corrected chi connectivity index (χ4v) is 4.65. The number of fused-ring (bicyclic) bond motifs is 1. The second kappa shape index (κ2) is 9.26. The molecule has 5 rings (SSSR count). The van der Waals surface area contributed by atoms with Crippen LogP contribution in [0.5, 0.6) is 5.75 Å². The molecule has 0 bridgehead atoms. The van der Waals surface area contributed by atoms with E-state index in [1.165, 1.54) is 17.9 Å². The van der Waals surface area contributed by atoms with Gasteiger partial charge in [-0.2, -0.15) is 0 Å². The van der Waals surface area contributed by atoms with Crippen molar-refractivity contribution in [3.05, 3.63) is 106 Å². The Morgan fingerprint density at radius 2 is 1.78 bits per heavy atom. The first-order valence-electron chi connectivity index (χ1n) is 11.5. The van der Waals surface area contributed by atoms with Gasteiger partial charge in [-0.15, -0.1) is 0 Å². The van der Waals surface area contributed by atoms with Crippen molar-refractivity contribution in [3.8, 4) is 5.75 Å². The number of carbonyl (C=O) groups excluding carboxylic acids is 3. The van der Waals surface area contributed by atoms with Gasteiger partial charge in [-0.3, -0.25) is 19.3 Å². The predicted molar refractivity (Wildman–Crippen MR) is 139 cm³/mol. The van der Waals surface area contributed by atoms with Crippen LogP contribution in [0.15, 0.2) is 82.5 Å². The summed E-state index contributed by atoms with van der Waals surface area (Å²) in [6.45, 7) is 5.14. The molecule has 3 aromatic carbocycles. The van der Waals surface area contributed by atoms with Gasteiger partial charge in [0.25, 0.3) is 5.91 Å². The van der Waals surface area contributed by atoms with Crippen molar-refractivity contribution in [2.24, 2.45) is 0 Å². The summed E-state index contributed by atoms with van der Waals surface area (Å²) in [5.41, 5.74) is 3.23. The van der Waals surface area contributed by atoms with Crippen LogP contribution in [0.2, 0.25) is 5.02 Å². The molecular weight excluding hydrogens is 494 g/mol. The summed E-state index contributed by atoms with van der Waals surface area (Å²) in [6, 6.07) is 17.4. The van der Waals surface area contributed by atoms with E-state index in [-0.39, 0.29) is 17.1 Å². The number of Topliss-reactive ketones (excluding diaryl/α,β-unsaturated/α-hetero) is 1. The minimum atomic E-state index is -1.01. The minimum Gasteiger partial charge on any atom is -0.503 e. The molecule has 0 saturated carbocycles. The molecule has 2 heterocycles. The molecule has 186 valence electrons. The number of halogens is 1. The molecule has 1 aliphatic heterocycles. The second-order valence-corrected chi connectivity index (χ2v) is 9.33. The fourth-order valence-electron chi connectivity index (χ4n) is 4.47. The van der Waals surface area contributed by atoms with Crippen LogP contribution >= 0.6 is 11.6 Å². The number of aliphatic hydroxyl groups excluding tert-OH is 1. The van der Waals surface area contributed by atoms with Gasteiger partial charge in [-0.1, -0.05) is 29.8 Å². The number of anilines is 1. The fraction of sp³-hybridized carbons (Fsp3) is 0.138. The van der Waals surface area contributed by atoms with E-state index in [2.05, 4.69) is 0 Å². The Morgan fingerprint density at radius 3 is 2.51 bits per heavy atom. The van der Waals surface area contributed by atoms with Gasteiger partial charge < -0.3 is 14.3 Å². The van der Waals surface area contributed by atoms with Crippen molar-refractivity contribution in [3.63, 3.8) is 0 Å². The number of hydrogen-bond acceptors (Lipinski definition) is 6. The lowest BCUT2D eigenvalue weighted by atomic mass is 9.94. The van der Waals surface area contributed by atoms with Crippen LogP contribution in [-0.4, -0.2) is 22.8 Å². The van der Waals surface area contributed by atoms with Gasteiger partial charge in [0.2, 0.25) is 5.78 Å². The molecule has 0 aliphatic carbocycles. The van der Waals surface area contributed by atoms with Gasteiger partial charge in [-0.25, -0.2) is 0 Å². The Labute approximate surface area is 217 Å². The quantitative estimate of drug-likeness (QED) is 0.187. The first-order chi connectivity index (χ1) is 17.6. The molecule has 0 radical (unpaired) electrons. The monoisotopic (exact) mass is 515 g/mol. The van der Waals surface area contributed by atoms with Crippen LogP contribution in [-0.2, 0) is 9.59 Å². The normalized spacial score (nSPS) is 15.5. The van der Waals surface area contributed by atoms with Gasteiger partial charge in [0.15, 0.2) is 11.5 Å². The number of furan rings is 1. The van der Waals surface area contributed by atoms with Gasteiger partial charge in [0.1, 0.15) is 11.3 Å². The Hall–Kier alpha value is -4.36. The molecule has 1 N–H and O–H groups in total. The highest BCUT2D eigenvalue weighted by molar-refractivity contribution is 6.31. The number of aliphatic hydroxyl groups is 1. The number of ether oxygens (including phenoxy) is 1. The van der Waals surface area contributed by atoms with Crippen molar-refractivity contribution < 1.29 is 28.6 Å². The smallest absolute Gasteiger partial charge is 0.308 e. The summed E-state index contributed by atoms with van der Waals surface area (Å²) >= 11 is 6.08. The predicted octanol–water partition coefficient (Wildman–Crippen LogP) is 6.41. The zero-order valence-corrected chi connectivity index (χ0v) is 21.0. The highest BCUT2D eigenvalue weighted by Gasteiger charge is 2.45. The molecular formula is C29H22ClNO6. The molecule has 37 heavy (non-hydrogen) atoms. The zero-order chi connectivity index (χ0) is 26.4. The van der Waals surface area contributed by atoms with Crippen LogP contribution in [0.1, 0.15) is 40.2 Å². The lowest BCUT2D eigenvalue weighted by Gasteiger charge is -2.27. The number of nitrogens with zero attached hydrogens (tertiary/aromatic N) is 1. The third-order valence-corrected chi connectivity index (χ3v) is 6.59. The maximum absolute atomic E-state index is 13.8. The lowest BCUT2D eigenvalue weighted by Crippen LogP contribution is -2.31. The Kier molecular flexibility index (Phi) is 6.09. The number of amides is 1. The standard InChI is InChI=1S/C29H22ClNO6/c1-15-7-9-21(11-16(15)2)31-26(18-5-4-6-22(13-18)36-17(3)32)25(28(34)29(31)35)27(33)24-14-19-12-20(30)8-10-23(19)37-24/h4-14,26,34H,1-3H3. The first kappa shape index (κ1) is 24.3. The molecule has 0 spiro atoms. The van der Waals surface area contributed by atoms with E-state index in [4.69, 9.17) is 20.8 Å². The highest BCUT2D eigenvalue weighted by Crippen LogP contribution is 2.43. The number of benzene rings is 3. The van der Waals surface area contributed by atoms with E-state index in [1.807, 2.05) is 26.0 Å². The average molecular weight is 516 g/mol. The molecule has 1 aromatic heterocycles. The minimum absolute atomic E-state index is 0.0466. The van der Waals surface area contributed by atoms with Crippen molar-refractivity contribution >= 4 is 45.9 Å². The molecule has 1 aliphatic rings. The molecule has 4 aromatic rings. The van der Waals surface area contributed by atoms with E-state index < -0.39 is 29.5 Å². The van der Waals surface area contributed by atoms with Gasteiger partial charge in [0.05, 0.1) is 11.6 Å². The SMILES string of the molecule is CC(=O)Oc1cccc(C2C(C(=O)c3cc4cc(Cl)ccc4o3)=C(O)C(=O)N2c2ccc(C)c(C)c2)c1. The molecule has 1 amide bonds. The highest BCUT2D eigenvalue weighted by atomic mass is 35.5. The number of aryl methyl sites for hydroxylation is 2. The van der Waals surface area contributed by atoms with Crippen molar-refractivity contribution in [1.82, 2.24) is 0 Å². The first-order valence-corrected chi connectivity index (χ1v) is 11.9. The average Bonchev–Trinajstić information content (AvgIpc) is 3.39. The maximum atomic E-state index is 13.8. The summed E-state index contributed by atoms with van der Waals surface area (Å²) < 4.78 is 11.0. The number of rotatable bonds is 5. The van der Waals surface area contributed by atoms with Crippen LogP contribution in [0.25, 0.3) is 11.0 Å². The number of esters is 1. The number of carbonyl (C=O) groups is 3. The van der Waals surface area contributed by atoms with Gasteiger partial charge in [-0.05, 0) is 79.1 Å². The maximum Gasteiger partial charge on any atom is 0.308 e. The third kappa shape index (κ3) is 4.38. The van der Waals surface area contributed by atoms with E-state index >= 15 is 0 Å². The summed E-state index contributed by atoms with van der Waals surface area (Å²) in [4.78, 5) is 40.2. The molecule has 0 saturated heterocycles. The zero-order valence-electron chi connectivity index (χ0n) is 20.2. The van der Waals surface area contributed by atoms with E-state index in [9.17, 15) is 19.5 Å². The second-order valence-electron chi connectivity index (χ2n) is 8.90. The lowest BCUT2D eigenvalue weighted by molar-refractivity contribution is -0.131. The number of ketones is 1. The van der Waals surface area contributed by atoms with E-state index in [1.54, 1.807) is 48.5 Å². The summed E-state index contributed by atoms with van der Waals surface area (Å²) in [5.74, 6) is -2.37. The van der Waals surface area contributed by atoms with Crippen molar-refractivity contribution in [1.29, 1.82) is 0 Å². The number of hydrogen-bond donors (Lipinski definition) is 1. The summed E-state index contributed by atoms with van der Waals surface area (Å²) in [6.07, 6.45) is 0. The third-order valence-electron chi connectivity index (χ3n) is 6.36. The Bertz CT molecular complexity index is 1630. The van der Waals surface area contributed by atoms with Crippen LogP contribution in [0.3, 0.4) is 0 Å². The molecule has 8 heteroatoms. The molecule has 1 unspecified atom stereocenters. The van der Waals surface area contributed by atoms with Crippen molar-refractivity contribution in [2.75, 3.05) is 4.90 Å². The van der Waals surface area contributed by atoms with Crippen molar-refractivity contribution in [2.45, 2.75) is 26.8 Å². The Balaban J connectivity index is 1.67. The van der Waals surface area contributed by atoms with Crippen LogP contribution in [0.4, 0.5) is 5.69 Å². The summed E-state index contributed by atoms with van der Waals surface area (Å²) in [7, 11) is 0. The van der Waals surface area contributed by atoms with E-state index in [0.29, 0.717) is 27.2 Å². The van der Waals surface area contributed by atoms with Crippen LogP contribution < -0.4 is 9.64 Å². The van der Waals surface area contributed by atoms with E-state index in [0.717, 1.165) is 11.1 Å².